The third-order valence-corrected chi connectivity index (χ3v) is 3.29. The van der Waals surface area contributed by atoms with E-state index in [4.69, 9.17) is 0 Å². The zero-order valence-electron chi connectivity index (χ0n) is 11.5. The van der Waals surface area contributed by atoms with E-state index in [9.17, 15) is 4.79 Å². The second-order valence-electron chi connectivity index (χ2n) is 4.73. The van der Waals surface area contributed by atoms with Gasteiger partial charge in [0.15, 0.2) is 0 Å². The average molecular weight is 265 g/mol. The molecule has 2 aromatic heterocycles. The van der Waals surface area contributed by atoms with E-state index >= 15 is 0 Å². The van der Waals surface area contributed by atoms with Gasteiger partial charge in [0.25, 0.3) is 0 Å². The molecule has 3 aromatic rings. The van der Waals surface area contributed by atoms with Crippen molar-refractivity contribution in [2.75, 3.05) is 0 Å². The van der Waals surface area contributed by atoms with Gasteiger partial charge in [0.2, 0.25) is 5.78 Å². The highest BCUT2D eigenvalue weighted by molar-refractivity contribution is 6.09. The largest absolute Gasteiger partial charge is 0.287 e. The number of hydrogen-bond acceptors (Lipinski definition) is 3. The van der Waals surface area contributed by atoms with Gasteiger partial charge in [-0.2, -0.15) is 5.10 Å². The average Bonchev–Trinajstić information content (AvgIpc) is 2.87. The Balaban J connectivity index is 2.07. The maximum Gasteiger partial charge on any atom is 0.212 e. The van der Waals surface area contributed by atoms with Crippen LogP contribution in [0.15, 0.2) is 42.6 Å². The molecule has 100 valence electrons. The third-order valence-electron chi connectivity index (χ3n) is 3.29. The molecule has 2 heterocycles. The summed E-state index contributed by atoms with van der Waals surface area (Å²) in [5.41, 5.74) is 2.95. The molecule has 0 atom stereocenters. The van der Waals surface area contributed by atoms with Crippen LogP contribution in [0.1, 0.15) is 28.7 Å². The van der Waals surface area contributed by atoms with Crippen molar-refractivity contribution in [3.05, 3.63) is 59.5 Å². The van der Waals surface area contributed by atoms with Gasteiger partial charge in [-0.3, -0.25) is 14.5 Å². The maximum atomic E-state index is 12.6. The van der Waals surface area contributed by atoms with Crippen molar-refractivity contribution in [1.29, 1.82) is 0 Å². The lowest BCUT2D eigenvalue weighted by atomic mass is 10.1. The van der Waals surface area contributed by atoms with Crippen LogP contribution >= 0.6 is 0 Å². The molecule has 0 bridgehead atoms. The van der Waals surface area contributed by atoms with Crippen molar-refractivity contribution >= 4 is 16.7 Å². The van der Waals surface area contributed by atoms with Crippen LogP contribution < -0.4 is 0 Å². The van der Waals surface area contributed by atoms with E-state index in [1.54, 1.807) is 10.9 Å². The summed E-state index contributed by atoms with van der Waals surface area (Å²) >= 11 is 0. The van der Waals surface area contributed by atoms with Crippen molar-refractivity contribution in [2.45, 2.75) is 20.4 Å². The topological polar surface area (TPSA) is 47.8 Å². The molecule has 0 radical (unpaired) electrons. The number of aryl methyl sites for hydroxylation is 2. The Hall–Kier alpha value is -2.49. The number of aromatic nitrogens is 3. The lowest BCUT2D eigenvalue weighted by Crippen LogP contribution is -2.10. The van der Waals surface area contributed by atoms with E-state index in [2.05, 4.69) is 10.1 Å². The Bertz CT molecular complexity index is 789. The molecular weight excluding hydrogens is 250 g/mol. The van der Waals surface area contributed by atoms with Crippen LogP contribution in [0.25, 0.3) is 10.9 Å². The highest BCUT2D eigenvalue weighted by Gasteiger charge is 2.16. The van der Waals surface area contributed by atoms with Crippen molar-refractivity contribution in [3.63, 3.8) is 0 Å². The molecule has 0 fully saturated rings. The van der Waals surface area contributed by atoms with Crippen LogP contribution in [0, 0.1) is 6.92 Å². The summed E-state index contributed by atoms with van der Waals surface area (Å²) in [6.45, 7) is 4.54. The van der Waals surface area contributed by atoms with Crippen LogP contribution in [-0.4, -0.2) is 20.5 Å². The van der Waals surface area contributed by atoms with E-state index in [0.29, 0.717) is 17.8 Å². The molecule has 0 aliphatic carbocycles. The summed E-state index contributed by atoms with van der Waals surface area (Å²) in [7, 11) is 0. The highest BCUT2D eigenvalue weighted by Crippen LogP contribution is 2.16. The molecule has 0 N–H and O–H groups in total. The number of carbonyl (C=O) groups is 1. The molecule has 0 saturated carbocycles. The lowest BCUT2D eigenvalue weighted by molar-refractivity contribution is 0.102. The molecule has 0 spiro atoms. The number of hydrogen-bond donors (Lipinski definition) is 0. The summed E-state index contributed by atoms with van der Waals surface area (Å²) in [6.07, 6.45) is 1.63. The van der Waals surface area contributed by atoms with Crippen molar-refractivity contribution < 1.29 is 4.79 Å². The van der Waals surface area contributed by atoms with Crippen molar-refractivity contribution in [2.24, 2.45) is 0 Å². The maximum absolute atomic E-state index is 12.6. The van der Waals surface area contributed by atoms with Crippen molar-refractivity contribution in [3.8, 4) is 0 Å². The summed E-state index contributed by atoms with van der Waals surface area (Å²) in [4.78, 5) is 16.9. The van der Waals surface area contributed by atoms with Gasteiger partial charge in [0.05, 0.1) is 11.2 Å². The first-order valence-electron chi connectivity index (χ1n) is 6.63. The second-order valence-corrected chi connectivity index (χ2v) is 4.73. The van der Waals surface area contributed by atoms with Gasteiger partial charge in [0.1, 0.15) is 5.69 Å². The first kappa shape index (κ1) is 12.5. The van der Waals surface area contributed by atoms with E-state index < -0.39 is 0 Å². The van der Waals surface area contributed by atoms with Crippen molar-refractivity contribution in [1.82, 2.24) is 14.8 Å². The van der Waals surface area contributed by atoms with Crippen LogP contribution in [-0.2, 0) is 6.54 Å². The Morgan fingerprint density at radius 1 is 1.25 bits per heavy atom. The number of benzene rings is 1. The fourth-order valence-electron chi connectivity index (χ4n) is 2.31. The van der Waals surface area contributed by atoms with Crippen LogP contribution in [0.4, 0.5) is 0 Å². The van der Waals surface area contributed by atoms with E-state index in [0.717, 1.165) is 16.6 Å². The van der Waals surface area contributed by atoms with Crippen LogP contribution in [0.3, 0.4) is 0 Å². The molecule has 3 rings (SSSR count). The first-order valence-corrected chi connectivity index (χ1v) is 6.63. The molecule has 0 unspecified atom stereocenters. The Morgan fingerprint density at radius 3 is 2.85 bits per heavy atom. The standard InChI is InChI=1S/C16H15N3O/c1-3-19-15(8-11(2)18-19)16(20)13-9-12-6-4-5-7-14(12)17-10-13/h4-10H,3H2,1-2H3. The molecule has 0 aliphatic rings. The zero-order chi connectivity index (χ0) is 14.1. The summed E-state index contributed by atoms with van der Waals surface area (Å²) in [5, 5.41) is 5.28. The fraction of sp³-hybridized carbons (Fsp3) is 0.188. The lowest BCUT2D eigenvalue weighted by Gasteiger charge is -2.04. The predicted octanol–water partition coefficient (Wildman–Crippen LogP) is 2.99. The number of nitrogens with zero attached hydrogens (tertiary/aromatic N) is 3. The van der Waals surface area contributed by atoms with Gasteiger partial charge < -0.3 is 0 Å². The number of fused-ring (bicyclic) bond motifs is 1. The summed E-state index contributed by atoms with van der Waals surface area (Å²) < 4.78 is 1.73. The molecular formula is C16H15N3O. The molecule has 0 amide bonds. The van der Waals surface area contributed by atoms with Crippen LogP contribution in [0.2, 0.25) is 0 Å². The van der Waals surface area contributed by atoms with Gasteiger partial charge in [-0.1, -0.05) is 18.2 Å². The predicted molar refractivity (Wildman–Crippen MR) is 77.8 cm³/mol. The number of para-hydroxylation sites is 1. The molecule has 0 saturated heterocycles. The van der Waals surface area contributed by atoms with E-state index in [1.807, 2.05) is 50.2 Å². The van der Waals surface area contributed by atoms with Gasteiger partial charge in [-0.15, -0.1) is 0 Å². The molecule has 1 aromatic carbocycles. The van der Waals surface area contributed by atoms with E-state index in [1.165, 1.54) is 0 Å². The Labute approximate surface area is 117 Å². The highest BCUT2D eigenvalue weighted by atomic mass is 16.1. The molecule has 20 heavy (non-hydrogen) atoms. The van der Waals surface area contributed by atoms with Gasteiger partial charge in [-0.05, 0) is 32.0 Å². The summed E-state index contributed by atoms with van der Waals surface area (Å²) in [5.74, 6) is -0.0364. The molecule has 4 heteroatoms. The third kappa shape index (κ3) is 2.09. The summed E-state index contributed by atoms with van der Waals surface area (Å²) in [6, 6.07) is 11.5. The zero-order valence-corrected chi connectivity index (χ0v) is 11.5. The van der Waals surface area contributed by atoms with Crippen LogP contribution in [0.5, 0.6) is 0 Å². The number of carbonyl (C=O) groups excluding carboxylic acids is 1. The Kier molecular flexibility index (Phi) is 3.06. The SMILES string of the molecule is CCn1nc(C)cc1C(=O)c1cnc2ccccc2c1. The quantitative estimate of drug-likeness (QED) is 0.684. The molecule has 0 aliphatic heterocycles. The monoisotopic (exact) mass is 265 g/mol. The fourth-order valence-corrected chi connectivity index (χ4v) is 2.31. The molecule has 4 nitrogen and oxygen atoms in total. The minimum atomic E-state index is -0.0364. The smallest absolute Gasteiger partial charge is 0.212 e. The minimum absolute atomic E-state index is 0.0364. The minimum Gasteiger partial charge on any atom is -0.287 e. The van der Waals surface area contributed by atoms with Gasteiger partial charge >= 0.3 is 0 Å². The van der Waals surface area contributed by atoms with Gasteiger partial charge in [-0.25, -0.2) is 0 Å². The first-order chi connectivity index (χ1) is 9.69. The van der Waals surface area contributed by atoms with Gasteiger partial charge in [0, 0.05) is 23.7 Å². The number of ketones is 1. The second kappa shape index (κ2) is 4.89. The van der Waals surface area contributed by atoms with E-state index in [-0.39, 0.29) is 5.78 Å². The number of rotatable bonds is 3. The Morgan fingerprint density at radius 2 is 2.05 bits per heavy atom. The normalized spacial score (nSPS) is 10.9. The number of pyridine rings is 1.